The van der Waals surface area contributed by atoms with Gasteiger partial charge in [-0.2, -0.15) is 0 Å². The molecule has 0 aromatic heterocycles. The number of fused-ring (bicyclic) bond motifs is 1. The number of rotatable bonds is 3. The van der Waals surface area contributed by atoms with E-state index in [0.717, 1.165) is 29.9 Å². The SMILES string of the molecule is CC1=CCC2[C@](C)(CC(O)O)C=CC[C@]2(C)C1(O)C1SCCCS1. The molecule has 136 valence electrons. The number of thioether (sulfide) groups is 2. The Bertz CT molecular complexity index is 541. The highest BCUT2D eigenvalue weighted by Gasteiger charge is 2.62. The summed E-state index contributed by atoms with van der Waals surface area (Å²) in [5.74, 6) is 2.42. The van der Waals surface area contributed by atoms with Crippen LogP contribution >= 0.6 is 23.5 Å². The number of allylic oxidation sites excluding steroid dienone is 3. The molecule has 1 saturated heterocycles. The summed E-state index contributed by atoms with van der Waals surface area (Å²) in [6.45, 7) is 6.41. The quantitative estimate of drug-likeness (QED) is 0.524. The summed E-state index contributed by atoms with van der Waals surface area (Å²) in [5.41, 5.74) is -0.351. The zero-order valence-corrected chi connectivity index (χ0v) is 16.5. The molecular formula is C19H30O3S2. The summed E-state index contributed by atoms with van der Waals surface area (Å²) in [4.78, 5) is 0. The Morgan fingerprint density at radius 3 is 2.54 bits per heavy atom. The smallest absolute Gasteiger partial charge is 0.152 e. The van der Waals surface area contributed by atoms with Gasteiger partial charge in [0, 0.05) is 11.8 Å². The van der Waals surface area contributed by atoms with Crippen molar-refractivity contribution in [3.8, 4) is 0 Å². The highest BCUT2D eigenvalue weighted by molar-refractivity contribution is 8.17. The summed E-state index contributed by atoms with van der Waals surface area (Å²) in [6, 6.07) is 0. The van der Waals surface area contributed by atoms with Crippen LogP contribution in [-0.2, 0) is 0 Å². The Balaban J connectivity index is 2.03. The maximum absolute atomic E-state index is 12.0. The molecule has 0 radical (unpaired) electrons. The van der Waals surface area contributed by atoms with Crippen molar-refractivity contribution in [3.05, 3.63) is 23.8 Å². The molecule has 0 aromatic rings. The van der Waals surface area contributed by atoms with Crippen molar-refractivity contribution in [2.24, 2.45) is 16.7 Å². The third-order valence-electron chi connectivity index (χ3n) is 6.53. The van der Waals surface area contributed by atoms with E-state index < -0.39 is 11.9 Å². The van der Waals surface area contributed by atoms with Crippen LogP contribution in [-0.4, -0.2) is 43.3 Å². The van der Waals surface area contributed by atoms with E-state index in [0.29, 0.717) is 6.42 Å². The lowest BCUT2D eigenvalue weighted by atomic mass is 9.48. The molecule has 5 heteroatoms. The van der Waals surface area contributed by atoms with Gasteiger partial charge in [-0.15, -0.1) is 23.5 Å². The molecule has 24 heavy (non-hydrogen) atoms. The Kier molecular flexibility index (Phi) is 5.23. The van der Waals surface area contributed by atoms with E-state index >= 15 is 0 Å². The molecule has 3 N–H and O–H groups in total. The number of hydrogen-bond donors (Lipinski definition) is 3. The minimum atomic E-state index is -1.32. The first-order valence-electron chi connectivity index (χ1n) is 8.91. The van der Waals surface area contributed by atoms with Crippen LogP contribution in [0.1, 0.15) is 46.5 Å². The zero-order chi connectivity index (χ0) is 17.6. The molecule has 0 amide bonds. The monoisotopic (exact) mass is 370 g/mol. The fourth-order valence-electron chi connectivity index (χ4n) is 5.20. The van der Waals surface area contributed by atoms with Gasteiger partial charge in [0.05, 0.1) is 4.58 Å². The van der Waals surface area contributed by atoms with Gasteiger partial charge in [0.1, 0.15) is 5.60 Å². The minimum Gasteiger partial charge on any atom is -0.383 e. The molecule has 3 aliphatic rings. The normalized spacial score (nSPS) is 43.6. The second-order valence-corrected chi connectivity index (χ2v) is 10.8. The van der Waals surface area contributed by atoms with Gasteiger partial charge in [-0.25, -0.2) is 0 Å². The van der Waals surface area contributed by atoms with Gasteiger partial charge in [-0.3, -0.25) is 0 Å². The van der Waals surface area contributed by atoms with Crippen LogP contribution in [0.4, 0.5) is 0 Å². The molecule has 0 bridgehead atoms. The predicted octanol–water partition coefficient (Wildman–Crippen LogP) is 3.55. The van der Waals surface area contributed by atoms with E-state index in [1.54, 1.807) is 0 Å². The molecule has 2 unspecified atom stereocenters. The summed E-state index contributed by atoms with van der Waals surface area (Å²) >= 11 is 3.78. The van der Waals surface area contributed by atoms with E-state index in [9.17, 15) is 15.3 Å². The van der Waals surface area contributed by atoms with Crippen LogP contribution in [0, 0.1) is 16.7 Å². The van der Waals surface area contributed by atoms with Crippen LogP contribution in [0.25, 0.3) is 0 Å². The van der Waals surface area contributed by atoms with Crippen LogP contribution in [0.15, 0.2) is 23.8 Å². The van der Waals surface area contributed by atoms with Crippen molar-refractivity contribution in [2.45, 2.75) is 62.9 Å². The molecule has 0 saturated carbocycles. The number of aliphatic hydroxyl groups is 3. The summed E-state index contributed by atoms with van der Waals surface area (Å²) in [6.07, 6.45) is 8.44. The van der Waals surface area contributed by atoms with Crippen LogP contribution in [0.5, 0.6) is 0 Å². The summed E-state index contributed by atoms with van der Waals surface area (Å²) < 4.78 is 0.157. The van der Waals surface area contributed by atoms with Crippen molar-refractivity contribution in [1.82, 2.24) is 0 Å². The van der Waals surface area contributed by atoms with Gasteiger partial charge in [0.25, 0.3) is 0 Å². The second kappa shape index (κ2) is 6.66. The topological polar surface area (TPSA) is 60.7 Å². The zero-order valence-electron chi connectivity index (χ0n) is 14.9. The van der Waals surface area contributed by atoms with Gasteiger partial charge in [0.15, 0.2) is 6.29 Å². The second-order valence-electron chi connectivity index (χ2n) is 8.08. The molecule has 0 aromatic carbocycles. The molecule has 1 fully saturated rings. The molecule has 1 heterocycles. The molecule has 2 aliphatic carbocycles. The number of hydrogen-bond acceptors (Lipinski definition) is 5. The standard InChI is InChI=1S/C19H30O3S2/c1-13-6-7-14-17(2,12-15(20)21)8-4-9-18(14,3)19(13,22)16-23-10-5-11-24-16/h4,6,8,14-16,20-22H,5,7,9-12H2,1-3H3/t14?,17-,18-,19?/m0/s1. The fourth-order valence-corrected chi connectivity index (χ4v) is 8.79. The van der Waals surface area contributed by atoms with Gasteiger partial charge in [0.2, 0.25) is 0 Å². The molecule has 0 spiro atoms. The van der Waals surface area contributed by atoms with Crippen molar-refractivity contribution in [3.63, 3.8) is 0 Å². The predicted molar refractivity (Wildman–Crippen MR) is 103 cm³/mol. The lowest BCUT2D eigenvalue weighted by molar-refractivity contribution is -0.131. The number of aliphatic hydroxyl groups excluding tert-OH is 1. The first-order valence-corrected chi connectivity index (χ1v) is 11.0. The summed E-state index contributed by atoms with van der Waals surface area (Å²) in [5, 5.41) is 31.2. The third kappa shape index (κ3) is 2.81. The highest BCUT2D eigenvalue weighted by Crippen LogP contribution is 2.63. The molecule has 4 atom stereocenters. The van der Waals surface area contributed by atoms with Crippen molar-refractivity contribution < 1.29 is 15.3 Å². The lowest BCUT2D eigenvalue weighted by Crippen LogP contribution is -2.62. The van der Waals surface area contributed by atoms with Crippen molar-refractivity contribution in [2.75, 3.05) is 11.5 Å². The molecular weight excluding hydrogens is 340 g/mol. The largest absolute Gasteiger partial charge is 0.383 e. The Hall–Kier alpha value is 0.0600. The maximum Gasteiger partial charge on any atom is 0.152 e. The summed E-state index contributed by atoms with van der Waals surface area (Å²) in [7, 11) is 0. The van der Waals surface area contributed by atoms with Gasteiger partial charge in [-0.05, 0) is 54.6 Å². The van der Waals surface area contributed by atoms with Crippen molar-refractivity contribution >= 4 is 23.5 Å². The van der Waals surface area contributed by atoms with E-state index in [4.69, 9.17) is 0 Å². The van der Waals surface area contributed by atoms with Gasteiger partial charge < -0.3 is 15.3 Å². The van der Waals surface area contributed by atoms with Crippen LogP contribution in [0.3, 0.4) is 0 Å². The molecule has 3 rings (SSSR count). The van der Waals surface area contributed by atoms with E-state index in [2.05, 4.69) is 39.0 Å². The van der Waals surface area contributed by atoms with E-state index in [-0.39, 0.29) is 21.3 Å². The highest BCUT2D eigenvalue weighted by atomic mass is 32.2. The lowest BCUT2D eigenvalue weighted by Gasteiger charge is -2.61. The van der Waals surface area contributed by atoms with E-state index in [1.807, 2.05) is 23.5 Å². The first-order chi connectivity index (χ1) is 11.2. The average molecular weight is 371 g/mol. The molecule has 1 aliphatic heterocycles. The Morgan fingerprint density at radius 1 is 1.25 bits per heavy atom. The van der Waals surface area contributed by atoms with Crippen LogP contribution in [0.2, 0.25) is 0 Å². The Morgan fingerprint density at radius 2 is 1.92 bits per heavy atom. The fraction of sp³-hybridized carbons (Fsp3) is 0.789. The molecule has 3 nitrogen and oxygen atoms in total. The van der Waals surface area contributed by atoms with Crippen molar-refractivity contribution in [1.29, 1.82) is 0 Å². The van der Waals surface area contributed by atoms with E-state index in [1.165, 1.54) is 6.42 Å². The third-order valence-corrected chi connectivity index (χ3v) is 9.68. The van der Waals surface area contributed by atoms with Gasteiger partial charge >= 0.3 is 0 Å². The van der Waals surface area contributed by atoms with Gasteiger partial charge in [-0.1, -0.05) is 32.1 Å². The first kappa shape index (κ1) is 18.8. The Labute approximate surface area is 154 Å². The maximum atomic E-state index is 12.0. The average Bonchev–Trinajstić information content (AvgIpc) is 2.52. The van der Waals surface area contributed by atoms with Crippen LogP contribution < -0.4 is 0 Å². The minimum absolute atomic E-state index is 0.157.